The van der Waals surface area contributed by atoms with E-state index in [4.69, 9.17) is 16.3 Å². The van der Waals surface area contributed by atoms with Crippen molar-refractivity contribution >= 4 is 17.7 Å². The fourth-order valence-corrected chi connectivity index (χ4v) is 2.71. The molecule has 0 unspecified atom stereocenters. The Morgan fingerprint density at radius 3 is 2.62 bits per heavy atom. The molecule has 0 radical (unpaired) electrons. The van der Waals surface area contributed by atoms with Gasteiger partial charge in [-0.05, 0) is 47.2 Å². The summed E-state index contributed by atoms with van der Waals surface area (Å²) in [5.74, 6) is 0.521. The van der Waals surface area contributed by atoms with Gasteiger partial charge < -0.3 is 4.74 Å². The molecule has 0 saturated carbocycles. The Morgan fingerprint density at radius 2 is 2.00 bits per heavy atom. The van der Waals surface area contributed by atoms with Crippen LogP contribution in [-0.2, 0) is 4.74 Å². The van der Waals surface area contributed by atoms with Gasteiger partial charge in [0.1, 0.15) is 5.15 Å². The van der Waals surface area contributed by atoms with Crippen molar-refractivity contribution in [1.82, 2.24) is 4.98 Å². The van der Waals surface area contributed by atoms with E-state index in [0.717, 1.165) is 16.7 Å². The highest BCUT2D eigenvalue weighted by atomic mass is 35.5. The van der Waals surface area contributed by atoms with Gasteiger partial charge in [-0.2, -0.15) is 0 Å². The zero-order valence-corrected chi connectivity index (χ0v) is 13.6. The van der Waals surface area contributed by atoms with Crippen LogP contribution in [0.15, 0.2) is 36.7 Å². The van der Waals surface area contributed by atoms with E-state index in [1.54, 1.807) is 19.6 Å². The fourth-order valence-electron chi connectivity index (χ4n) is 2.49. The Labute approximate surface area is 131 Å². The summed E-state index contributed by atoms with van der Waals surface area (Å²) in [6, 6.07) is 8.50. The summed E-state index contributed by atoms with van der Waals surface area (Å²) in [5, 5.41) is 0.478. The molecule has 0 fully saturated rings. The first-order valence-corrected chi connectivity index (χ1v) is 7.37. The molecule has 1 aromatic carbocycles. The van der Waals surface area contributed by atoms with Crippen LogP contribution < -0.4 is 0 Å². The maximum atomic E-state index is 6.22. The monoisotopic (exact) mass is 301 g/mol. The van der Waals surface area contributed by atoms with E-state index < -0.39 is 0 Å². The Balaban J connectivity index is 2.54. The first kappa shape index (κ1) is 15.6. The van der Waals surface area contributed by atoms with Crippen LogP contribution in [0.25, 0.3) is 17.2 Å². The number of halogens is 1. The minimum atomic E-state index is 0.478. The number of ether oxygens (including phenoxy) is 1. The molecule has 0 amide bonds. The Kier molecular flexibility index (Phi) is 5.03. The van der Waals surface area contributed by atoms with Crippen molar-refractivity contribution < 1.29 is 4.74 Å². The molecule has 1 heterocycles. The third-order valence-electron chi connectivity index (χ3n) is 3.52. The van der Waals surface area contributed by atoms with Crippen molar-refractivity contribution in [3.05, 3.63) is 58.6 Å². The summed E-state index contributed by atoms with van der Waals surface area (Å²) in [6.45, 7) is 6.56. The van der Waals surface area contributed by atoms with Crippen LogP contribution in [0, 0.1) is 6.92 Å². The summed E-state index contributed by atoms with van der Waals surface area (Å²) in [4.78, 5) is 4.15. The molecule has 2 nitrogen and oxygen atoms in total. The number of pyridine rings is 1. The average molecular weight is 302 g/mol. The third-order valence-corrected chi connectivity index (χ3v) is 3.82. The number of aryl methyl sites for hydroxylation is 1. The van der Waals surface area contributed by atoms with Crippen molar-refractivity contribution in [1.29, 1.82) is 0 Å². The highest BCUT2D eigenvalue weighted by Crippen LogP contribution is 2.31. The SMILES string of the molecule is CO/C=C/c1c(-c2ccc(C(C)C)c(C)c2)ccnc1Cl. The number of rotatable bonds is 4. The molecule has 2 rings (SSSR count). The second-order valence-corrected chi connectivity index (χ2v) is 5.69. The van der Waals surface area contributed by atoms with Gasteiger partial charge in [0, 0.05) is 11.8 Å². The van der Waals surface area contributed by atoms with E-state index >= 15 is 0 Å². The number of hydrogen-bond acceptors (Lipinski definition) is 2. The molecule has 110 valence electrons. The van der Waals surface area contributed by atoms with Crippen molar-refractivity contribution in [2.24, 2.45) is 0 Å². The van der Waals surface area contributed by atoms with Gasteiger partial charge in [0.2, 0.25) is 0 Å². The summed E-state index contributed by atoms with van der Waals surface area (Å²) in [7, 11) is 1.61. The normalized spacial score (nSPS) is 11.3. The maximum Gasteiger partial charge on any atom is 0.136 e. The summed E-state index contributed by atoms with van der Waals surface area (Å²) >= 11 is 6.22. The molecule has 3 heteroatoms. The number of nitrogens with zero attached hydrogens (tertiary/aromatic N) is 1. The summed E-state index contributed by atoms with van der Waals surface area (Å²) < 4.78 is 5.00. The predicted molar refractivity (Wildman–Crippen MR) is 89.6 cm³/mol. The van der Waals surface area contributed by atoms with E-state index in [-0.39, 0.29) is 0 Å². The largest absolute Gasteiger partial charge is 0.504 e. The number of benzene rings is 1. The molecule has 0 saturated heterocycles. The minimum absolute atomic E-state index is 0.478. The number of aromatic nitrogens is 1. The molecule has 1 aromatic heterocycles. The van der Waals surface area contributed by atoms with Crippen molar-refractivity contribution in [3.8, 4) is 11.1 Å². The van der Waals surface area contributed by atoms with Gasteiger partial charge in [-0.1, -0.05) is 43.6 Å². The van der Waals surface area contributed by atoms with Gasteiger partial charge in [0.15, 0.2) is 0 Å². The van der Waals surface area contributed by atoms with Crippen molar-refractivity contribution in [3.63, 3.8) is 0 Å². The van der Waals surface area contributed by atoms with Crippen LogP contribution in [0.3, 0.4) is 0 Å². The smallest absolute Gasteiger partial charge is 0.136 e. The standard InChI is InChI=1S/C18H20ClNO/c1-12(2)15-6-5-14(11-13(15)3)16-7-9-20-18(19)17(16)8-10-21-4/h5-12H,1-4H3/b10-8+. The molecule has 21 heavy (non-hydrogen) atoms. The Bertz CT molecular complexity index is 662. The van der Waals surface area contributed by atoms with Gasteiger partial charge in [-0.25, -0.2) is 4.98 Å². The van der Waals surface area contributed by atoms with E-state index in [1.165, 1.54) is 11.1 Å². The number of methoxy groups -OCH3 is 1. The van der Waals surface area contributed by atoms with Gasteiger partial charge in [-0.3, -0.25) is 0 Å². The van der Waals surface area contributed by atoms with Crippen LogP contribution in [0.2, 0.25) is 5.15 Å². The molecule has 0 bridgehead atoms. The van der Waals surface area contributed by atoms with E-state index in [9.17, 15) is 0 Å². The number of hydrogen-bond donors (Lipinski definition) is 0. The molecular formula is C18H20ClNO. The summed E-state index contributed by atoms with van der Waals surface area (Å²) in [5.41, 5.74) is 5.72. The lowest BCUT2D eigenvalue weighted by atomic mass is 9.93. The molecular weight excluding hydrogens is 282 g/mol. The molecule has 2 aromatic rings. The van der Waals surface area contributed by atoms with Gasteiger partial charge in [-0.15, -0.1) is 0 Å². The highest BCUT2D eigenvalue weighted by Gasteiger charge is 2.10. The second-order valence-electron chi connectivity index (χ2n) is 5.33. The topological polar surface area (TPSA) is 22.1 Å². The molecule has 0 spiro atoms. The molecule has 0 aliphatic heterocycles. The van der Waals surface area contributed by atoms with Crippen LogP contribution in [0.5, 0.6) is 0 Å². The highest BCUT2D eigenvalue weighted by molar-refractivity contribution is 6.31. The Morgan fingerprint density at radius 1 is 1.24 bits per heavy atom. The minimum Gasteiger partial charge on any atom is -0.504 e. The van der Waals surface area contributed by atoms with Crippen molar-refractivity contribution in [2.45, 2.75) is 26.7 Å². The predicted octanol–water partition coefficient (Wildman–Crippen LogP) is 5.45. The lowest BCUT2D eigenvalue weighted by molar-refractivity contribution is 0.341. The average Bonchev–Trinajstić information content (AvgIpc) is 2.45. The van der Waals surface area contributed by atoms with E-state index in [0.29, 0.717) is 11.1 Å². The summed E-state index contributed by atoms with van der Waals surface area (Å²) in [6.07, 6.45) is 5.19. The zero-order valence-electron chi connectivity index (χ0n) is 12.9. The first-order chi connectivity index (χ1) is 10.0. The quantitative estimate of drug-likeness (QED) is 0.553. The van der Waals surface area contributed by atoms with Crippen molar-refractivity contribution in [2.75, 3.05) is 7.11 Å². The van der Waals surface area contributed by atoms with Crippen LogP contribution in [-0.4, -0.2) is 12.1 Å². The second kappa shape index (κ2) is 6.77. The lowest BCUT2D eigenvalue weighted by Gasteiger charge is -2.13. The van der Waals surface area contributed by atoms with Gasteiger partial charge in [0.25, 0.3) is 0 Å². The van der Waals surface area contributed by atoms with Crippen LogP contribution in [0.1, 0.15) is 36.5 Å². The molecule has 0 aliphatic carbocycles. The van der Waals surface area contributed by atoms with Crippen LogP contribution in [0.4, 0.5) is 0 Å². The zero-order chi connectivity index (χ0) is 15.4. The molecule has 0 aliphatic rings. The van der Waals surface area contributed by atoms with E-state index in [2.05, 4.69) is 44.0 Å². The first-order valence-electron chi connectivity index (χ1n) is 6.99. The van der Waals surface area contributed by atoms with Gasteiger partial charge in [0.05, 0.1) is 13.4 Å². The van der Waals surface area contributed by atoms with E-state index in [1.807, 2.05) is 12.1 Å². The third kappa shape index (κ3) is 3.45. The maximum absolute atomic E-state index is 6.22. The lowest BCUT2D eigenvalue weighted by Crippen LogP contribution is -1.94. The molecule has 0 atom stereocenters. The van der Waals surface area contributed by atoms with Gasteiger partial charge >= 0.3 is 0 Å². The van der Waals surface area contributed by atoms with Crippen LogP contribution >= 0.6 is 11.6 Å². The fraction of sp³-hybridized carbons (Fsp3) is 0.278. The molecule has 0 N–H and O–H groups in total. The Hall–Kier alpha value is -1.80.